The molecule has 0 aromatic heterocycles. The Labute approximate surface area is 109 Å². The third-order valence-electron chi connectivity index (χ3n) is 2.74. The van der Waals surface area contributed by atoms with Crippen molar-refractivity contribution in [1.82, 2.24) is 5.32 Å². The SMILES string of the molecule is O=C1NCCCCC1Nc1ccccc1I. The second-order valence-corrected chi connectivity index (χ2v) is 5.13. The number of rotatable bonds is 2. The molecular weight excluding hydrogens is 315 g/mol. The predicted octanol–water partition coefficient (Wildman–Crippen LogP) is 2.37. The second-order valence-electron chi connectivity index (χ2n) is 3.96. The highest BCUT2D eigenvalue weighted by molar-refractivity contribution is 14.1. The molecule has 1 fully saturated rings. The average Bonchev–Trinajstić information content (AvgIpc) is 2.48. The van der Waals surface area contributed by atoms with Crippen LogP contribution in [0.2, 0.25) is 0 Å². The van der Waals surface area contributed by atoms with E-state index >= 15 is 0 Å². The van der Waals surface area contributed by atoms with Gasteiger partial charge in [0.25, 0.3) is 0 Å². The van der Waals surface area contributed by atoms with Gasteiger partial charge < -0.3 is 10.6 Å². The predicted molar refractivity (Wildman–Crippen MR) is 73.4 cm³/mol. The monoisotopic (exact) mass is 330 g/mol. The second kappa shape index (κ2) is 5.52. The summed E-state index contributed by atoms with van der Waals surface area (Å²) >= 11 is 2.28. The Morgan fingerprint density at radius 2 is 2.12 bits per heavy atom. The molecule has 1 heterocycles. The van der Waals surface area contributed by atoms with E-state index in [0.717, 1.165) is 35.1 Å². The van der Waals surface area contributed by atoms with E-state index < -0.39 is 0 Å². The molecule has 1 aromatic rings. The van der Waals surface area contributed by atoms with Gasteiger partial charge >= 0.3 is 0 Å². The highest BCUT2D eigenvalue weighted by Gasteiger charge is 2.20. The topological polar surface area (TPSA) is 41.1 Å². The maximum atomic E-state index is 11.8. The van der Waals surface area contributed by atoms with Gasteiger partial charge in [-0.3, -0.25) is 4.79 Å². The average molecular weight is 330 g/mol. The van der Waals surface area contributed by atoms with E-state index in [2.05, 4.69) is 33.2 Å². The Morgan fingerprint density at radius 3 is 2.94 bits per heavy atom. The van der Waals surface area contributed by atoms with Gasteiger partial charge in [0.15, 0.2) is 0 Å². The Kier molecular flexibility index (Phi) is 4.04. The minimum atomic E-state index is -0.0848. The summed E-state index contributed by atoms with van der Waals surface area (Å²) in [5.41, 5.74) is 1.05. The smallest absolute Gasteiger partial charge is 0.242 e. The number of carbonyl (C=O) groups excluding carboxylic acids is 1. The molecule has 1 saturated heterocycles. The van der Waals surface area contributed by atoms with Gasteiger partial charge in [-0.05, 0) is 54.0 Å². The summed E-state index contributed by atoms with van der Waals surface area (Å²) in [7, 11) is 0. The van der Waals surface area contributed by atoms with Crippen molar-refractivity contribution >= 4 is 34.2 Å². The molecule has 0 aliphatic carbocycles. The van der Waals surface area contributed by atoms with E-state index in [-0.39, 0.29) is 11.9 Å². The molecule has 16 heavy (non-hydrogen) atoms. The number of amides is 1. The molecule has 1 aromatic carbocycles. The van der Waals surface area contributed by atoms with Crippen molar-refractivity contribution in [2.45, 2.75) is 25.3 Å². The van der Waals surface area contributed by atoms with Crippen molar-refractivity contribution in [2.75, 3.05) is 11.9 Å². The maximum Gasteiger partial charge on any atom is 0.242 e. The molecule has 1 amide bonds. The van der Waals surface area contributed by atoms with E-state index in [4.69, 9.17) is 0 Å². The summed E-state index contributed by atoms with van der Waals surface area (Å²) in [5, 5.41) is 6.25. The van der Waals surface area contributed by atoms with E-state index in [1.807, 2.05) is 24.3 Å². The first-order valence-electron chi connectivity index (χ1n) is 5.56. The first-order valence-corrected chi connectivity index (χ1v) is 6.64. The first kappa shape index (κ1) is 11.7. The summed E-state index contributed by atoms with van der Waals surface area (Å²) in [6.07, 6.45) is 3.09. The van der Waals surface area contributed by atoms with Crippen LogP contribution in [0, 0.1) is 3.57 Å². The summed E-state index contributed by atoms with van der Waals surface area (Å²) in [5.74, 6) is 0.122. The fraction of sp³-hybridized carbons (Fsp3) is 0.417. The number of hydrogen-bond acceptors (Lipinski definition) is 2. The quantitative estimate of drug-likeness (QED) is 0.818. The van der Waals surface area contributed by atoms with Crippen LogP contribution in [0.5, 0.6) is 0 Å². The van der Waals surface area contributed by atoms with Gasteiger partial charge in [-0.25, -0.2) is 0 Å². The zero-order chi connectivity index (χ0) is 11.4. The van der Waals surface area contributed by atoms with Gasteiger partial charge in [0.2, 0.25) is 5.91 Å². The fourth-order valence-electron chi connectivity index (χ4n) is 1.84. The van der Waals surface area contributed by atoms with Crippen molar-refractivity contribution in [1.29, 1.82) is 0 Å². The number of hydrogen-bond donors (Lipinski definition) is 2. The highest BCUT2D eigenvalue weighted by Crippen LogP contribution is 2.19. The van der Waals surface area contributed by atoms with Gasteiger partial charge in [-0.15, -0.1) is 0 Å². The minimum Gasteiger partial charge on any atom is -0.373 e. The Bertz CT molecular complexity index is 381. The number of para-hydroxylation sites is 1. The molecular formula is C12H15IN2O. The maximum absolute atomic E-state index is 11.8. The number of halogens is 1. The Balaban J connectivity index is 2.08. The van der Waals surface area contributed by atoms with Crippen LogP contribution < -0.4 is 10.6 Å². The van der Waals surface area contributed by atoms with Gasteiger partial charge in [-0.1, -0.05) is 12.1 Å². The van der Waals surface area contributed by atoms with E-state index in [1.165, 1.54) is 0 Å². The van der Waals surface area contributed by atoms with Crippen LogP contribution in [0.4, 0.5) is 5.69 Å². The largest absolute Gasteiger partial charge is 0.373 e. The van der Waals surface area contributed by atoms with Crippen LogP contribution in [-0.4, -0.2) is 18.5 Å². The lowest BCUT2D eigenvalue weighted by Gasteiger charge is -2.17. The number of anilines is 1. The fourth-order valence-corrected chi connectivity index (χ4v) is 2.39. The van der Waals surface area contributed by atoms with Crippen molar-refractivity contribution in [3.63, 3.8) is 0 Å². The van der Waals surface area contributed by atoms with Gasteiger partial charge in [0.05, 0.1) is 0 Å². The summed E-state index contributed by atoms with van der Waals surface area (Å²) in [6, 6.07) is 7.95. The molecule has 1 unspecified atom stereocenters. The first-order chi connectivity index (χ1) is 7.77. The van der Waals surface area contributed by atoms with Crippen molar-refractivity contribution in [3.05, 3.63) is 27.8 Å². The number of nitrogens with one attached hydrogen (secondary N) is 2. The third-order valence-corrected chi connectivity index (χ3v) is 3.68. The summed E-state index contributed by atoms with van der Waals surface area (Å²) < 4.78 is 1.15. The van der Waals surface area contributed by atoms with Gasteiger partial charge in [-0.2, -0.15) is 0 Å². The Morgan fingerprint density at radius 1 is 1.31 bits per heavy atom. The molecule has 0 saturated carbocycles. The molecule has 1 atom stereocenters. The number of benzene rings is 1. The highest BCUT2D eigenvalue weighted by atomic mass is 127. The zero-order valence-electron chi connectivity index (χ0n) is 9.00. The molecule has 86 valence electrons. The van der Waals surface area contributed by atoms with Crippen LogP contribution in [-0.2, 0) is 4.79 Å². The van der Waals surface area contributed by atoms with E-state index in [1.54, 1.807) is 0 Å². The molecule has 3 nitrogen and oxygen atoms in total. The van der Waals surface area contributed by atoms with Crippen molar-refractivity contribution < 1.29 is 4.79 Å². The molecule has 0 bridgehead atoms. The zero-order valence-corrected chi connectivity index (χ0v) is 11.2. The lowest BCUT2D eigenvalue weighted by Crippen LogP contribution is -2.38. The van der Waals surface area contributed by atoms with Crippen LogP contribution >= 0.6 is 22.6 Å². The Hall–Kier alpha value is -0.780. The van der Waals surface area contributed by atoms with Crippen molar-refractivity contribution in [3.8, 4) is 0 Å². The standard InChI is InChI=1S/C12H15IN2O/c13-9-5-1-2-6-10(9)15-11-7-3-4-8-14-12(11)16/h1-2,5-6,11,15H,3-4,7-8H2,(H,14,16). The van der Waals surface area contributed by atoms with Crippen LogP contribution in [0.3, 0.4) is 0 Å². The summed E-state index contributed by atoms with van der Waals surface area (Å²) in [4.78, 5) is 11.8. The lowest BCUT2D eigenvalue weighted by atomic mass is 10.1. The van der Waals surface area contributed by atoms with E-state index in [0.29, 0.717) is 0 Å². The molecule has 2 N–H and O–H groups in total. The summed E-state index contributed by atoms with van der Waals surface area (Å²) in [6.45, 7) is 0.808. The van der Waals surface area contributed by atoms with Gasteiger partial charge in [0, 0.05) is 15.8 Å². The van der Waals surface area contributed by atoms with Crippen LogP contribution in [0.1, 0.15) is 19.3 Å². The van der Waals surface area contributed by atoms with Crippen LogP contribution in [0.25, 0.3) is 0 Å². The van der Waals surface area contributed by atoms with Crippen LogP contribution in [0.15, 0.2) is 24.3 Å². The van der Waals surface area contributed by atoms with Crippen molar-refractivity contribution in [2.24, 2.45) is 0 Å². The molecule has 0 radical (unpaired) electrons. The molecule has 1 aliphatic rings. The van der Waals surface area contributed by atoms with E-state index in [9.17, 15) is 4.79 Å². The molecule has 2 rings (SSSR count). The minimum absolute atomic E-state index is 0.0848. The van der Waals surface area contributed by atoms with Gasteiger partial charge in [0.1, 0.15) is 6.04 Å². The normalized spacial score (nSPS) is 21.1. The number of carbonyl (C=O) groups is 1. The molecule has 1 aliphatic heterocycles. The third kappa shape index (κ3) is 2.87. The lowest BCUT2D eigenvalue weighted by molar-refractivity contribution is -0.121. The molecule has 0 spiro atoms. The molecule has 4 heteroatoms.